The van der Waals surface area contributed by atoms with Crippen molar-refractivity contribution in [2.75, 3.05) is 13.2 Å². The smallest absolute Gasteiger partial charge is 0.325 e. The van der Waals surface area contributed by atoms with E-state index in [-0.39, 0.29) is 24.3 Å². The van der Waals surface area contributed by atoms with E-state index in [1.165, 1.54) is 6.92 Å². The van der Waals surface area contributed by atoms with Crippen LogP contribution in [0.3, 0.4) is 0 Å². The van der Waals surface area contributed by atoms with Crippen LogP contribution in [0.1, 0.15) is 56.6 Å². The number of ether oxygens (including phenoxy) is 2. The molecule has 1 aromatic rings. The quantitative estimate of drug-likeness (QED) is 0.205. The number of nitrogens with zero attached hydrogens (tertiary/aromatic N) is 1. The van der Waals surface area contributed by atoms with Crippen molar-refractivity contribution >= 4 is 17.6 Å². The number of benzene rings is 1. The van der Waals surface area contributed by atoms with Gasteiger partial charge in [0.15, 0.2) is 5.92 Å². The molecule has 0 bridgehead atoms. The summed E-state index contributed by atoms with van der Waals surface area (Å²) in [6.45, 7) is 5.28. The van der Waals surface area contributed by atoms with E-state index in [2.05, 4.69) is 0 Å². The number of carbonyl (C=O) groups is 2. The Morgan fingerprint density at radius 1 is 1.12 bits per heavy atom. The van der Waals surface area contributed by atoms with Gasteiger partial charge in [0.1, 0.15) is 5.82 Å². The maximum Gasteiger partial charge on any atom is 0.325 e. The van der Waals surface area contributed by atoms with Crippen molar-refractivity contribution in [2.24, 2.45) is 0 Å². The highest BCUT2D eigenvalue weighted by Crippen LogP contribution is 2.31. The molecule has 26 heavy (non-hydrogen) atoms. The molecule has 0 saturated carbocycles. The molecule has 1 aromatic carbocycles. The van der Waals surface area contributed by atoms with Crippen LogP contribution in [0.25, 0.3) is 0 Å². The van der Waals surface area contributed by atoms with Crippen LogP contribution in [0.5, 0.6) is 0 Å². The average Bonchev–Trinajstić information content (AvgIpc) is 2.58. The first-order valence-electron chi connectivity index (χ1n) is 8.61. The molecule has 0 aliphatic rings. The van der Waals surface area contributed by atoms with Gasteiger partial charge in [0.25, 0.3) is 5.69 Å². The van der Waals surface area contributed by atoms with Crippen molar-refractivity contribution in [1.29, 1.82) is 0 Å². The lowest BCUT2D eigenvalue weighted by molar-refractivity contribution is -0.385. The maximum absolute atomic E-state index is 14.0. The molecule has 0 amide bonds. The van der Waals surface area contributed by atoms with E-state index in [1.54, 1.807) is 0 Å². The zero-order chi connectivity index (χ0) is 19.7. The monoisotopic (exact) mass is 369 g/mol. The lowest BCUT2D eigenvalue weighted by Gasteiger charge is -2.16. The van der Waals surface area contributed by atoms with Crippen LogP contribution >= 0.6 is 0 Å². The second-order valence-electron chi connectivity index (χ2n) is 5.89. The zero-order valence-electron chi connectivity index (χ0n) is 15.2. The fraction of sp³-hybridized carbons (Fsp3) is 0.556. The summed E-state index contributed by atoms with van der Waals surface area (Å²) >= 11 is 0. The average molecular weight is 369 g/mol. The molecule has 0 radical (unpaired) electrons. The number of halogens is 1. The number of carbonyl (C=O) groups excluding carboxylic acids is 2. The third-order valence-corrected chi connectivity index (χ3v) is 3.77. The van der Waals surface area contributed by atoms with Crippen LogP contribution in [-0.4, -0.2) is 30.1 Å². The van der Waals surface area contributed by atoms with Gasteiger partial charge in [0.2, 0.25) is 0 Å². The first-order valence-corrected chi connectivity index (χ1v) is 8.61. The Morgan fingerprint density at radius 3 is 2.04 bits per heavy atom. The summed E-state index contributed by atoms with van der Waals surface area (Å²) in [7, 11) is 0. The minimum absolute atomic E-state index is 0.0397. The van der Waals surface area contributed by atoms with Crippen LogP contribution in [0.2, 0.25) is 0 Å². The summed E-state index contributed by atoms with van der Waals surface area (Å²) < 4.78 is 24.1. The van der Waals surface area contributed by atoms with Crippen molar-refractivity contribution in [2.45, 2.75) is 52.4 Å². The van der Waals surface area contributed by atoms with E-state index in [0.717, 1.165) is 25.0 Å². The van der Waals surface area contributed by atoms with E-state index in [4.69, 9.17) is 9.47 Å². The highest BCUT2D eigenvalue weighted by atomic mass is 19.1. The summed E-state index contributed by atoms with van der Waals surface area (Å²) in [5.74, 6) is -4.41. The first kappa shape index (κ1) is 21.5. The van der Waals surface area contributed by atoms with Crippen molar-refractivity contribution in [3.05, 3.63) is 39.2 Å². The Morgan fingerprint density at radius 2 is 1.62 bits per heavy atom. The van der Waals surface area contributed by atoms with Crippen molar-refractivity contribution in [3.63, 3.8) is 0 Å². The molecule has 0 spiro atoms. The van der Waals surface area contributed by atoms with Crippen LogP contribution < -0.4 is 0 Å². The highest BCUT2D eigenvalue weighted by molar-refractivity contribution is 6.01. The summed E-state index contributed by atoms with van der Waals surface area (Å²) in [5.41, 5.74) is -0.840. The molecule has 144 valence electrons. The minimum atomic E-state index is -1.70. The van der Waals surface area contributed by atoms with Crippen LogP contribution in [0, 0.1) is 22.9 Å². The largest absolute Gasteiger partial charge is 0.465 e. The van der Waals surface area contributed by atoms with Crippen LogP contribution in [0.15, 0.2) is 12.1 Å². The second kappa shape index (κ2) is 10.5. The first-order chi connectivity index (χ1) is 12.3. The topological polar surface area (TPSA) is 95.7 Å². The van der Waals surface area contributed by atoms with Gasteiger partial charge in [-0.25, -0.2) is 4.39 Å². The maximum atomic E-state index is 14.0. The van der Waals surface area contributed by atoms with Gasteiger partial charge >= 0.3 is 11.9 Å². The van der Waals surface area contributed by atoms with Gasteiger partial charge < -0.3 is 9.47 Å². The Bertz CT molecular complexity index is 639. The third kappa shape index (κ3) is 5.79. The molecule has 0 fully saturated rings. The SMILES string of the molecule is CCCCOC(=O)C(C(=O)OCCCC)c1cc(F)c(C)cc1[N+](=O)[O-]. The molecule has 8 heteroatoms. The van der Waals surface area contributed by atoms with E-state index in [9.17, 15) is 24.1 Å². The van der Waals surface area contributed by atoms with Gasteiger partial charge in [-0.2, -0.15) is 0 Å². The molecule has 0 unspecified atom stereocenters. The summed E-state index contributed by atoms with van der Waals surface area (Å²) in [6.07, 6.45) is 2.68. The molecule has 1 rings (SSSR count). The molecule has 0 aromatic heterocycles. The van der Waals surface area contributed by atoms with Gasteiger partial charge in [0, 0.05) is 6.07 Å². The van der Waals surface area contributed by atoms with E-state index in [1.807, 2.05) is 13.8 Å². The molecular formula is C18H24FNO6. The molecule has 7 nitrogen and oxygen atoms in total. The number of nitro benzene ring substituents is 1. The van der Waals surface area contributed by atoms with Crippen LogP contribution in [0.4, 0.5) is 10.1 Å². The van der Waals surface area contributed by atoms with Crippen molar-refractivity contribution in [1.82, 2.24) is 0 Å². The fourth-order valence-electron chi connectivity index (χ4n) is 2.22. The molecule has 0 N–H and O–H groups in total. The van der Waals surface area contributed by atoms with Gasteiger partial charge in [-0.05, 0) is 31.4 Å². The van der Waals surface area contributed by atoms with Gasteiger partial charge in [0.05, 0.1) is 23.7 Å². The molecule has 0 atom stereocenters. The molecule has 0 aliphatic carbocycles. The Hall–Kier alpha value is -2.51. The summed E-state index contributed by atoms with van der Waals surface area (Å²) in [6, 6.07) is 1.83. The highest BCUT2D eigenvalue weighted by Gasteiger charge is 2.37. The number of esters is 2. The Labute approximate surface area is 151 Å². The molecular weight excluding hydrogens is 345 g/mol. The predicted molar refractivity (Wildman–Crippen MR) is 92.3 cm³/mol. The number of unbranched alkanes of at least 4 members (excludes halogenated alkanes) is 2. The molecule has 0 aliphatic heterocycles. The Balaban J connectivity index is 3.26. The van der Waals surface area contributed by atoms with Gasteiger partial charge in [-0.1, -0.05) is 26.7 Å². The fourth-order valence-corrected chi connectivity index (χ4v) is 2.22. The lowest BCUT2D eigenvalue weighted by atomic mass is 9.95. The molecule has 0 heterocycles. The van der Waals surface area contributed by atoms with E-state index in [0.29, 0.717) is 12.8 Å². The summed E-state index contributed by atoms with van der Waals surface area (Å²) in [4.78, 5) is 35.4. The molecule has 0 saturated heterocycles. The number of hydrogen-bond donors (Lipinski definition) is 0. The van der Waals surface area contributed by atoms with E-state index < -0.39 is 34.3 Å². The van der Waals surface area contributed by atoms with Crippen molar-refractivity contribution < 1.29 is 28.4 Å². The lowest BCUT2D eigenvalue weighted by Crippen LogP contribution is -2.27. The van der Waals surface area contributed by atoms with Gasteiger partial charge in [-0.3, -0.25) is 19.7 Å². The van der Waals surface area contributed by atoms with Gasteiger partial charge in [-0.15, -0.1) is 0 Å². The number of hydrogen-bond acceptors (Lipinski definition) is 6. The normalized spacial score (nSPS) is 10.7. The van der Waals surface area contributed by atoms with Crippen molar-refractivity contribution in [3.8, 4) is 0 Å². The third-order valence-electron chi connectivity index (χ3n) is 3.77. The second-order valence-corrected chi connectivity index (χ2v) is 5.89. The number of rotatable bonds is 10. The minimum Gasteiger partial charge on any atom is -0.465 e. The Kier molecular flexibility index (Phi) is 8.67. The predicted octanol–water partition coefficient (Wildman–Crippen LogP) is 3.81. The van der Waals surface area contributed by atoms with E-state index >= 15 is 0 Å². The number of aryl methyl sites for hydroxylation is 1. The van der Waals surface area contributed by atoms with Crippen LogP contribution in [-0.2, 0) is 19.1 Å². The number of nitro groups is 1. The standard InChI is InChI=1S/C18H24FNO6/c1-4-6-8-25-17(21)16(18(22)26-9-7-5-2)13-11-14(19)12(3)10-15(13)20(23)24/h10-11,16H,4-9H2,1-3H3. The summed E-state index contributed by atoms with van der Waals surface area (Å²) in [5, 5.41) is 11.3. The zero-order valence-corrected chi connectivity index (χ0v) is 15.2.